The van der Waals surface area contributed by atoms with Gasteiger partial charge in [-0.05, 0) is 56.7 Å². The third kappa shape index (κ3) is 5.83. The predicted molar refractivity (Wildman–Crippen MR) is 116 cm³/mol. The van der Waals surface area contributed by atoms with E-state index < -0.39 is 5.97 Å². The zero-order chi connectivity index (χ0) is 21.2. The second kappa shape index (κ2) is 11.2. The van der Waals surface area contributed by atoms with Gasteiger partial charge in [0, 0.05) is 24.3 Å². The van der Waals surface area contributed by atoms with Crippen molar-refractivity contribution in [3.8, 4) is 5.75 Å². The van der Waals surface area contributed by atoms with Crippen molar-refractivity contribution in [3.63, 3.8) is 0 Å². The third-order valence-electron chi connectivity index (χ3n) is 4.95. The quantitative estimate of drug-likeness (QED) is 0.320. The molecule has 0 aliphatic heterocycles. The van der Waals surface area contributed by atoms with Gasteiger partial charge in [-0.25, -0.2) is 4.79 Å². The number of benzene rings is 2. The van der Waals surface area contributed by atoms with Gasteiger partial charge in [-0.15, -0.1) is 0 Å². The standard InChI is InChI=1S/C24H31NO4/c1-4-7-8-9-17-29-24(28)20-11-10-12-21(25(5-2)6-3)22(20)23(27)18-13-15-19(26)16-14-18/h10-16,26H,4-9,17H2,1-3H3. The summed E-state index contributed by atoms with van der Waals surface area (Å²) in [5.41, 5.74) is 1.76. The molecule has 2 aromatic rings. The molecule has 0 aromatic heterocycles. The molecule has 0 spiro atoms. The van der Waals surface area contributed by atoms with E-state index in [2.05, 4.69) is 6.92 Å². The Bertz CT molecular complexity index is 810. The Hall–Kier alpha value is -2.82. The zero-order valence-electron chi connectivity index (χ0n) is 17.6. The molecule has 0 bridgehead atoms. The highest BCUT2D eigenvalue weighted by molar-refractivity contribution is 6.17. The number of carbonyl (C=O) groups excluding carboxylic acids is 2. The Balaban J connectivity index is 2.39. The molecule has 0 aliphatic carbocycles. The van der Waals surface area contributed by atoms with Gasteiger partial charge in [0.15, 0.2) is 5.78 Å². The minimum atomic E-state index is -0.474. The summed E-state index contributed by atoms with van der Waals surface area (Å²) < 4.78 is 5.47. The van der Waals surface area contributed by atoms with Crippen LogP contribution in [0.4, 0.5) is 5.69 Å². The van der Waals surface area contributed by atoms with Crippen LogP contribution in [0.1, 0.15) is 72.7 Å². The summed E-state index contributed by atoms with van der Waals surface area (Å²) in [6.45, 7) is 7.92. The van der Waals surface area contributed by atoms with E-state index in [0.29, 0.717) is 36.5 Å². The summed E-state index contributed by atoms with van der Waals surface area (Å²) in [4.78, 5) is 28.2. The molecule has 0 saturated carbocycles. The number of unbranched alkanes of at least 4 members (excludes halogenated alkanes) is 3. The first-order valence-electron chi connectivity index (χ1n) is 10.4. The van der Waals surface area contributed by atoms with Crippen molar-refractivity contribution in [2.24, 2.45) is 0 Å². The number of nitrogens with zero attached hydrogens (tertiary/aromatic N) is 1. The molecule has 5 heteroatoms. The van der Waals surface area contributed by atoms with Crippen molar-refractivity contribution in [1.29, 1.82) is 0 Å². The van der Waals surface area contributed by atoms with Gasteiger partial charge in [-0.1, -0.05) is 32.3 Å². The SMILES string of the molecule is CCCCCCOC(=O)c1cccc(N(CC)CC)c1C(=O)c1ccc(O)cc1. The smallest absolute Gasteiger partial charge is 0.338 e. The number of carbonyl (C=O) groups is 2. The summed E-state index contributed by atoms with van der Waals surface area (Å²) in [5, 5.41) is 9.54. The minimum absolute atomic E-state index is 0.0882. The first-order valence-corrected chi connectivity index (χ1v) is 10.4. The van der Waals surface area contributed by atoms with Crippen LogP contribution in [-0.2, 0) is 4.74 Å². The first-order chi connectivity index (χ1) is 14.0. The number of rotatable bonds is 11. The summed E-state index contributed by atoms with van der Waals surface area (Å²) >= 11 is 0. The van der Waals surface area contributed by atoms with Gasteiger partial charge in [0.25, 0.3) is 0 Å². The summed E-state index contributed by atoms with van der Waals surface area (Å²) in [6.07, 6.45) is 4.06. The second-order valence-corrected chi connectivity index (χ2v) is 6.94. The molecule has 0 atom stereocenters. The molecule has 1 N–H and O–H groups in total. The fourth-order valence-corrected chi connectivity index (χ4v) is 3.31. The van der Waals surface area contributed by atoms with E-state index in [9.17, 15) is 14.7 Å². The Morgan fingerprint density at radius 2 is 1.62 bits per heavy atom. The maximum absolute atomic E-state index is 13.3. The molecule has 0 fully saturated rings. The molecule has 29 heavy (non-hydrogen) atoms. The molecule has 0 aliphatic rings. The van der Waals surface area contributed by atoms with Crippen molar-refractivity contribution < 1.29 is 19.4 Å². The fourth-order valence-electron chi connectivity index (χ4n) is 3.31. The molecule has 0 saturated heterocycles. The van der Waals surface area contributed by atoms with Crippen LogP contribution in [0.5, 0.6) is 5.75 Å². The van der Waals surface area contributed by atoms with E-state index in [0.717, 1.165) is 25.7 Å². The lowest BCUT2D eigenvalue weighted by atomic mass is 9.95. The highest BCUT2D eigenvalue weighted by Gasteiger charge is 2.25. The molecular formula is C24H31NO4. The Morgan fingerprint density at radius 1 is 0.931 bits per heavy atom. The first kappa shape index (κ1) is 22.5. The van der Waals surface area contributed by atoms with Gasteiger partial charge in [0.1, 0.15) is 5.75 Å². The van der Waals surface area contributed by atoms with Crippen LogP contribution in [0.2, 0.25) is 0 Å². The third-order valence-corrected chi connectivity index (χ3v) is 4.95. The molecule has 5 nitrogen and oxygen atoms in total. The van der Waals surface area contributed by atoms with Gasteiger partial charge in [0.05, 0.1) is 17.7 Å². The van der Waals surface area contributed by atoms with Gasteiger partial charge in [0.2, 0.25) is 0 Å². The van der Waals surface area contributed by atoms with Crippen LogP contribution in [0, 0.1) is 0 Å². The van der Waals surface area contributed by atoms with Crippen LogP contribution in [0.3, 0.4) is 0 Å². The van der Waals surface area contributed by atoms with E-state index in [1.807, 2.05) is 24.8 Å². The van der Waals surface area contributed by atoms with Crippen LogP contribution in [0.25, 0.3) is 0 Å². The Morgan fingerprint density at radius 3 is 2.24 bits per heavy atom. The van der Waals surface area contributed by atoms with Gasteiger partial charge >= 0.3 is 5.97 Å². The summed E-state index contributed by atoms with van der Waals surface area (Å²) in [5.74, 6) is -0.645. The number of esters is 1. The predicted octanol–water partition coefficient (Wildman–Crippen LogP) is 5.21. The van der Waals surface area contributed by atoms with E-state index >= 15 is 0 Å². The maximum Gasteiger partial charge on any atom is 0.338 e. The minimum Gasteiger partial charge on any atom is -0.508 e. The summed E-state index contributed by atoms with van der Waals surface area (Å²) in [6, 6.07) is 11.4. The lowest BCUT2D eigenvalue weighted by molar-refractivity contribution is 0.0495. The number of hydrogen-bond donors (Lipinski definition) is 1. The number of phenols is 1. The molecule has 2 rings (SSSR count). The van der Waals surface area contributed by atoms with Crippen molar-refractivity contribution in [3.05, 3.63) is 59.2 Å². The normalized spacial score (nSPS) is 10.6. The fraction of sp³-hybridized carbons (Fsp3) is 0.417. The average molecular weight is 398 g/mol. The number of ether oxygens (including phenoxy) is 1. The molecule has 0 amide bonds. The van der Waals surface area contributed by atoms with E-state index in [-0.39, 0.29) is 17.1 Å². The van der Waals surface area contributed by atoms with Crippen molar-refractivity contribution in [2.45, 2.75) is 46.5 Å². The average Bonchev–Trinajstić information content (AvgIpc) is 2.74. The van der Waals surface area contributed by atoms with Gasteiger partial charge in [-0.3, -0.25) is 4.79 Å². The van der Waals surface area contributed by atoms with Crippen LogP contribution < -0.4 is 4.90 Å². The van der Waals surface area contributed by atoms with Gasteiger partial charge in [-0.2, -0.15) is 0 Å². The molecule has 0 unspecified atom stereocenters. The summed E-state index contributed by atoms with van der Waals surface area (Å²) in [7, 11) is 0. The Kier molecular flexibility index (Phi) is 8.71. The van der Waals surface area contributed by atoms with Crippen molar-refractivity contribution in [2.75, 3.05) is 24.6 Å². The number of phenolic OH excluding ortho intramolecular Hbond substituents is 1. The van der Waals surface area contributed by atoms with Gasteiger partial charge < -0.3 is 14.7 Å². The topological polar surface area (TPSA) is 66.8 Å². The highest BCUT2D eigenvalue weighted by atomic mass is 16.5. The second-order valence-electron chi connectivity index (χ2n) is 6.94. The molecule has 156 valence electrons. The van der Waals surface area contributed by atoms with Crippen LogP contribution >= 0.6 is 0 Å². The number of ketones is 1. The zero-order valence-corrected chi connectivity index (χ0v) is 17.6. The lowest BCUT2D eigenvalue weighted by Crippen LogP contribution is -2.26. The number of anilines is 1. The van der Waals surface area contributed by atoms with Crippen molar-refractivity contribution >= 4 is 17.4 Å². The molecule has 0 radical (unpaired) electrons. The molecule has 2 aromatic carbocycles. The molecule has 0 heterocycles. The number of aromatic hydroxyl groups is 1. The van der Waals surface area contributed by atoms with E-state index in [1.54, 1.807) is 24.3 Å². The van der Waals surface area contributed by atoms with Crippen molar-refractivity contribution in [1.82, 2.24) is 0 Å². The van der Waals surface area contributed by atoms with E-state index in [1.165, 1.54) is 12.1 Å². The molecular weight excluding hydrogens is 366 g/mol. The van der Waals surface area contributed by atoms with E-state index in [4.69, 9.17) is 4.74 Å². The largest absolute Gasteiger partial charge is 0.508 e. The maximum atomic E-state index is 13.3. The number of hydrogen-bond acceptors (Lipinski definition) is 5. The Labute approximate surface area is 173 Å². The highest BCUT2D eigenvalue weighted by Crippen LogP contribution is 2.28. The van der Waals surface area contributed by atoms with Crippen LogP contribution in [-0.4, -0.2) is 36.6 Å². The van der Waals surface area contributed by atoms with Crippen LogP contribution in [0.15, 0.2) is 42.5 Å². The monoisotopic (exact) mass is 397 g/mol. The lowest BCUT2D eigenvalue weighted by Gasteiger charge is -2.25.